The van der Waals surface area contributed by atoms with Gasteiger partial charge in [-0.2, -0.15) is 4.98 Å². The fraction of sp³-hybridized carbons (Fsp3) is 0.423. The zero-order valence-electron chi connectivity index (χ0n) is 20.8. The molecule has 1 N–H and O–H groups in total. The van der Waals surface area contributed by atoms with Crippen molar-refractivity contribution in [1.82, 2.24) is 29.7 Å². The number of anilines is 1. The average molecular weight is 476 g/mol. The van der Waals surface area contributed by atoms with Crippen LogP contribution in [0.2, 0.25) is 0 Å². The van der Waals surface area contributed by atoms with Gasteiger partial charge in [0.1, 0.15) is 12.1 Å². The predicted octanol–water partition coefficient (Wildman–Crippen LogP) is 2.84. The Morgan fingerprint density at radius 3 is 2.57 bits per heavy atom. The monoisotopic (exact) mass is 475 g/mol. The normalized spacial score (nSPS) is 16.0. The Kier molecular flexibility index (Phi) is 7.43. The van der Waals surface area contributed by atoms with Gasteiger partial charge in [-0.15, -0.1) is 0 Å². The van der Waals surface area contributed by atoms with Crippen molar-refractivity contribution in [3.8, 4) is 5.95 Å². The third kappa shape index (κ3) is 6.03. The molecule has 35 heavy (non-hydrogen) atoms. The first-order chi connectivity index (χ1) is 16.8. The van der Waals surface area contributed by atoms with Crippen LogP contribution >= 0.6 is 0 Å². The van der Waals surface area contributed by atoms with E-state index in [0.29, 0.717) is 32.1 Å². The molecule has 3 aromatic rings. The molecule has 0 radical (unpaired) electrons. The number of carbonyl (C=O) groups is 2. The van der Waals surface area contributed by atoms with Gasteiger partial charge in [-0.3, -0.25) is 14.2 Å². The summed E-state index contributed by atoms with van der Waals surface area (Å²) in [6, 6.07) is 9.91. The number of amides is 2. The lowest BCUT2D eigenvalue weighted by Gasteiger charge is -2.41. The summed E-state index contributed by atoms with van der Waals surface area (Å²) in [4.78, 5) is 42.7. The molecule has 1 fully saturated rings. The zero-order chi connectivity index (χ0) is 24.9. The summed E-state index contributed by atoms with van der Waals surface area (Å²) in [6.45, 7) is 9.90. The molecule has 1 saturated heterocycles. The molecule has 0 spiro atoms. The number of rotatable bonds is 7. The maximum atomic E-state index is 12.9. The number of hydrogen-bond donors (Lipinski definition) is 1. The lowest BCUT2D eigenvalue weighted by atomic mass is 10.1. The molecule has 1 aromatic carbocycles. The molecule has 9 nitrogen and oxygen atoms in total. The Morgan fingerprint density at radius 1 is 1.14 bits per heavy atom. The van der Waals surface area contributed by atoms with E-state index in [2.05, 4.69) is 29.0 Å². The van der Waals surface area contributed by atoms with Crippen LogP contribution in [-0.2, 0) is 16.1 Å². The van der Waals surface area contributed by atoms with Crippen LogP contribution in [0.4, 0.5) is 5.82 Å². The third-order valence-electron chi connectivity index (χ3n) is 6.30. The average Bonchev–Trinajstić information content (AvgIpc) is 3.38. The Hall–Kier alpha value is -3.75. The summed E-state index contributed by atoms with van der Waals surface area (Å²) < 4.78 is 1.78. The summed E-state index contributed by atoms with van der Waals surface area (Å²) in [7, 11) is 0. The van der Waals surface area contributed by atoms with Crippen molar-refractivity contribution in [3.05, 3.63) is 65.9 Å². The van der Waals surface area contributed by atoms with Crippen LogP contribution in [0.5, 0.6) is 0 Å². The number of piperazine rings is 1. The molecule has 0 bridgehead atoms. The van der Waals surface area contributed by atoms with E-state index in [1.165, 1.54) is 5.56 Å². The van der Waals surface area contributed by atoms with Crippen molar-refractivity contribution in [1.29, 1.82) is 0 Å². The minimum atomic E-state index is -0.198. The van der Waals surface area contributed by atoms with E-state index in [9.17, 15) is 9.59 Å². The molecule has 184 valence electrons. The summed E-state index contributed by atoms with van der Waals surface area (Å²) in [5.74, 6) is 1.46. The zero-order valence-corrected chi connectivity index (χ0v) is 20.8. The molecule has 9 heteroatoms. The standard InChI is InChI=1S/C26H33N7O2/c1-18(2)23-14-24(30-26(29-23)32-10-9-27-17-32)33-12-11-31(20(4)34)16-22(33)13-25(35)28-15-21-7-5-19(3)6-8-21/h5-10,14,17-18,22H,11-13,15-16H2,1-4H3,(H,28,35). The van der Waals surface area contributed by atoms with Crippen molar-refractivity contribution in [2.45, 2.75) is 52.6 Å². The highest BCUT2D eigenvalue weighted by Crippen LogP contribution is 2.25. The van der Waals surface area contributed by atoms with Gasteiger partial charge in [0.15, 0.2) is 0 Å². The second-order valence-corrected chi connectivity index (χ2v) is 9.35. The lowest BCUT2D eigenvalue weighted by molar-refractivity contribution is -0.130. The third-order valence-corrected chi connectivity index (χ3v) is 6.30. The first kappa shape index (κ1) is 24.4. The first-order valence-corrected chi connectivity index (χ1v) is 12.0. The summed E-state index contributed by atoms with van der Waals surface area (Å²) in [6.07, 6.45) is 5.44. The minimum Gasteiger partial charge on any atom is -0.352 e. The maximum absolute atomic E-state index is 12.9. The SMILES string of the molecule is CC(=O)N1CCN(c2cc(C(C)C)nc(-n3ccnc3)n2)C(CC(=O)NCc2ccc(C)cc2)C1. The van der Waals surface area contributed by atoms with Gasteiger partial charge in [-0.05, 0) is 18.4 Å². The van der Waals surface area contributed by atoms with Crippen LogP contribution in [0.25, 0.3) is 5.95 Å². The molecule has 2 aromatic heterocycles. The molecular weight excluding hydrogens is 442 g/mol. The molecule has 4 rings (SSSR count). The Balaban J connectivity index is 1.56. The van der Waals surface area contributed by atoms with Gasteiger partial charge >= 0.3 is 0 Å². The Morgan fingerprint density at radius 2 is 1.91 bits per heavy atom. The summed E-state index contributed by atoms with van der Waals surface area (Å²) in [5.41, 5.74) is 3.15. The fourth-order valence-electron chi connectivity index (χ4n) is 4.19. The van der Waals surface area contributed by atoms with Crippen LogP contribution in [0.3, 0.4) is 0 Å². The van der Waals surface area contributed by atoms with E-state index >= 15 is 0 Å². The van der Waals surface area contributed by atoms with Crippen LogP contribution in [-0.4, -0.2) is 61.9 Å². The minimum absolute atomic E-state index is 0.0133. The van der Waals surface area contributed by atoms with E-state index in [1.807, 2.05) is 43.5 Å². The number of benzene rings is 1. The smallest absolute Gasteiger partial charge is 0.237 e. The molecule has 3 heterocycles. The summed E-state index contributed by atoms with van der Waals surface area (Å²) >= 11 is 0. The second kappa shape index (κ2) is 10.7. The number of hydrogen-bond acceptors (Lipinski definition) is 6. The van der Waals surface area contributed by atoms with Crippen molar-refractivity contribution in [3.63, 3.8) is 0 Å². The highest BCUT2D eigenvalue weighted by Gasteiger charge is 2.31. The predicted molar refractivity (Wildman–Crippen MR) is 134 cm³/mol. The van der Waals surface area contributed by atoms with E-state index < -0.39 is 0 Å². The highest BCUT2D eigenvalue weighted by molar-refractivity contribution is 5.78. The number of imidazole rings is 1. The lowest BCUT2D eigenvalue weighted by Crippen LogP contribution is -2.56. The van der Waals surface area contributed by atoms with E-state index in [-0.39, 0.29) is 30.2 Å². The van der Waals surface area contributed by atoms with Crippen LogP contribution < -0.4 is 10.2 Å². The van der Waals surface area contributed by atoms with Gasteiger partial charge in [0.2, 0.25) is 17.8 Å². The molecule has 0 saturated carbocycles. The molecule has 1 atom stereocenters. The quantitative estimate of drug-likeness (QED) is 0.565. The fourth-order valence-corrected chi connectivity index (χ4v) is 4.19. The number of nitrogens with one attached hydrogen (secondary N) is 1. The summed E-state index contributed by atoms with van der Waals surface area (Å²) in [5, 5.41) is 3.03. The number of nitrogens with zero attached hydrogens (tertiary/aromatic N) is 6. The van der Waals surface area contributed by atoms with Gasteiger partial charge in [-0.1, -0.05) is 43.7 Å². The first-order valence-electron chi connectivity index (χ1n) is 12.0. The van der Waals surface area contributed by atoms with Gasteiger partial charge in [0.25, 0.3) is 0 Å². The number of aryl methyl sites for hydroxylation is 1. The van der Waals surface area contributed by atoms with Gasteiger partial charge in [-0.25, -0.2) is 9.97 Å². The topological polar surface area (TPSA) is 96.2 Å². The van der Waals surface area contributed by atoms with Crippen molar-refractivity contribution in [2.75, 3.05) is 24.5 Å². The number of aromatic nitrogens is 4. The Bertz CT molecular complexity index is 1160. The van der Waals surface area contributed by atoms with E-state index in [0.717, 1.165) is 17.1 Å². The molecule has 1 unspecified atom stereocenters. The van der Waals surface area contributed by atoms with E-state index in [1.54, 1.807) is 28.9 Å². The number of carbonyl (C=O) groups excluding carboxylic acids is 2. The maximum Gasteiger partial charge on any atom is 0.237 e. The molecule has 2 amide bonds. The molecular formula is C26H33N7O2. The van der Waals surface area contributed by atoms with Gasteiger partial charge in [0, 0.05) is 58.0 Å². The molecule has 1 aliphatic rings. The highest BCUT2D eigenvalue weighted by atomic mass is 16.2. The van der Waals surface area contributed by atoms with Gasteiger partial charge < -0.3 is 15.1 Å². The van der Waals surface area contributed by atoms with Crippen molar-refractivity contribution in [2.24, 2.45) is 0 Å². The Labute approximate surface area is 206 Å². The van der Waals surface area contributed by atoms with Crippen LogP contribution in [0.1, 0.15) is 49.9 Å². The molecule has 1 aliphatic heterocycles. The largest absolute Gasteiger partial charge is 0.352 e. The van der Waals surface area contributed by atoms with Gasteiger partial charge in [0.05, 0.1) is 11.7 Å². The van der Waals surface area contributed by atoms with E-state index in [4.69, 9.17) is 9.97 Å². The van der Waals surface area contributed by atoms with Crippen molar-refractivity contribution >= 4 is 17.6 Å². The molecule has 0 aliphatic carbocycles. The second-order valence-electron chi connectivity index (χ2n) is 9.35. The van der Waals surface area contributed by atoms with Crippen molar-refractivity contribution < 1.29 is 9.59 Å². The van der Waals surface area contributed by atoms with Crippen LogP contribution in [0, 0.1) is 6.92 Å². The van der Waals surface area contributed by atoms with Crippen LogP contribution in [0.15, 0.2) is 49.1 Å².